The number of furan rings is 1. The van der Waals surface area contributed by atoms with Crippen LogP contribution in [0.4, 0.5) is 0 Å². The fourth-order valence-electron chi connectivity index (χ4n) is 2.89. The van der Waals surface area contributed by atoms with Crippen LogP contribution in [0.1, 0.15) is 30.8 Å². The van der Waals surface area contributed by atoms with Crippen molar-refractivity contribution >= 4 is 5.96 Å². The Balaban J connectivity index is 1.61. The normalized spacial score (nSPS) is 18.6. The lowest BCUT2D eigenvalue weighted by Gasteiger charge is -2.35. The lowest BCUT2D eigenvalue weighted by molar-refractivity contribution is -0.00806. The van der Waals surface area contributed by atoms with Gasteiger partial charge in [-0.2, -0.15) is 5.10 Å². The van der Waals surface area contributed by atoms with Gasteiger partial charge < -0.3 is 19.4 Å². The molecule has 1 saturated heterocycles. The fraction of sp³-hybridized carbons (Fsp3) is 0.556. The molecule has 7 heteroatoms. The van der Waals surface area contributed by atoms with E-state index in [0.29, 0.717) is 6.61 Å². The van der Waals surface area contributed by atoms with Gasteiger partial charge in [0.15, 0.2) is 5.96 Å². The molecule has 7 nitrogen and oxygen atoms in total. The molecular formula is C18H27N5O2. The number of ether oxygens (including phenoxy) is 1. The number of aromatic nitrogens is 2. The van der Waals surface area contributed by atoms with Crippen LogP contribution in [0.2, 0.25) is 0 Å². The van der Waals surface area contributed by atoms with E-state index in [9.17, 15) is 0 Å². The molecule has 1 aliphatic rings. The highest BCUT2D eigenvalue weighted by molar-refractivity contribution is 5.80. The van der Waals surface area contributed by atoms with Gasteiger partial charge >= 0.3 is 0 Å². The molecule has 0 spiro atoms. The Morgan fingerprint density at radius 1 is 1.48 bits per heavy atom. The van der Waals surface area contributed by atoms with Crippen LogP contribution >= 0.6 is 0 Å². The molecule has 136 valence electrons. The summed E-state index contributed by atoms with van der Waals surface area (Å²) < 4.78 is 13.1. The molecule has 1 N–H and O–H groups in total. The average Bonchev–Trinajstić information content (AvgIpc) is 3.30. The van der Waals surface area contributed by atoms with E-state index in [1.165, 1.54) is 0 Å². The Hall–Kier alpha value is -2.28. The van der Waals surface area contributed by atoms with Crippen molar-refractivity contribution < 1.29 is 9.15 Å². The van der Waals surface area contributed by atoms with Crippen LogP contribution in [-0.2, 0) is 18.2 Å². The Bertz CT molecular complexity index is 665. The Kier molecular flexibility index (Phi) is 6.11. The van der Waals surface area contributed by atoms with Gasteiger partial charge in [0.2, 0.25) is 0 Å². The van der Waals surface area contributed by atoms with E-state index < -0.39 is 0 Å². The number of morpholine rings is 1. The van der Waals surface area contributed by atoms with Crippen LogP contribution in [0.25, 0.3) is 0 Å². The molecule has 1 unspecified atom stereocenters. The minimum Gasteiger partial charge on any atom is -0.469 e. The number of aliphatic imine (C=N–C) groups is 1. The molecule has 1 fully saturated rings. The lowest BCUT2D eigenvalue weighted by atomic mass is 10.1. The Morgan fingerprint density at radius 2 is 2.40 bits per heavy atom. The van der Waals surface area contributed by atoms with E-state index in [1.54, 1.807) is 6.26 Å². The van der Waals surface area contributed by atoms with Crippen LogP contribution in [0, 0.1) is 0 Å². The van der Waals surface area contributed by atoms with E-state index in [0.717, 1.165) is 56.3 Å². The molecule has 0 saturated carbocycles. The smallest absolute Gasteiger partial charge is 0.194 e. The molecule has 2 aromatic rings. The number of nitrogens with one attached hydrogen (secondary N) is 1. The van der Waals surface area contributed by atoms with Gasteiger partial charge in [0.1, 0.15) is 11.9 Å². The van der Waals surface area contributed by atoms with Crippen molar-refractivity contribution in [3.05, 3.63) is 42.1 Å². The zero-order valence-electron chi connectivity index (χ0n) is 15.0. The number of guanidine groups is 1. The molecular weight excluding hydrogens is 318 g/mol. The summed E-state index contributed by atoms with van der Waals surface area (Å²) in [5.74, 6) is 1.93. The molecule has 0 aromatic carbocycles. The highest BCUT2D eigenvalue weighted by Crippen LogP contribution is 2.21. The molecule has 3 rings (SSSR count). The SMILES string of the molecule is CCCN=C(NCCc1ccco1)N1CCOC(c2cnn(C)c2)C1. The summed E-state index contributed by atoms with van der Waals surface area (Å²) in [6.07, 6.45) is 7.50. The average molecular weight is 345 g/mol. The van der Waals surface area contributed by atoms with Crippen LogP contribution in [-0.4, -0.2) is 53.4 Å². The summed E-state index contributed by atoms with van der Waals surface area (Å²) in [4.78, 5) is 7.02. The predicted octanol–water partition coefficient (Wildman–Crippen LogP) is 1.98. The van der Waals surface area contributed by atoms with E-state index in [2.05, 4.69) is 22.2 Å². The first-order valence-electron chi connectivity index (χ1n) is 8.92. The summed E-state index contributed by atoms with van der Waals surface area (Å²) in [6, 6.07) is 3.92. The van der Waals surface area contributed by atoms with Crippen LogP contribution < -0.4 is 5.32 Å². The quantitative estimate of drug-likeness (QED) is 0.640. The maximum atomic E-state index is 5.93. The number of nitrogens with zero attached hydrogens (tertiary/aromatic N) is 4. The van der Waals surface area contributed by atoms with Gasteiger partial charge in [-0.05, 0) is 18.6 Å². The summed E-state index contributed by atoms with van der Waals surface area (Å²) in [5.41, 5.74) is 1.11. The first-order chi connectivity index (χ1) is 12.3. The minimum atomic E-state index is 0.0288. The van der Waals surface area contributed by atoms with Crippen molar-refractivity contribution in [3.63, 3.8) is 0 Å². The zero-order chi connectivity index (χ0) is 17.5. The van der Waals surface area contributed by atoms with Crippen molar-refractivity contribution in [2.45, 2.75) is 25.9 Å². The third-order valence-electron chi connectivity index (χ3n) is 4.18. The van der Waals surface area contributed by atoms with Gasteiger partial charge in [-0.15, -0.1) is 0 Å². The molecule has 0 bridgehead atoms. The maximum absolute atomic E-state index is 5.93. The monoisotopic (exact) mass is 345 g/mol. The second-order valence-electron chi connectivity index (χ2n) is 6.21. The first kappa shape index (κ1) is 17.5. The van der Waals surface area contributed by atoms with Crippen LogP contribution in [0.5, 0.6) is 0 Å². The molecule has 0 amide bonds. The van der Waals surface area contributed by atoms with Gasteiger partial charge in [0.05, 0.1) is 25.6 Å². The first-order valence-corrected chi connectivity index (χ1v) is 8.92. The maximum Gasteiger partial charge on any atom is 0.194 e. The Morgan fingerprint density at radius 3 is 3.12 bits per heavy atom. The Labute approximate surface area is 148 Å². The summed E-state index contributed by atoms with van der Waals surface area (Å²) in [6.45, 7) is 6.06. The number of hydrogen-bond acceptors (Lipinski definition) is 4. The van der Waals surface area contributed by atoms with Gasteiger partial charge in [0, 0.05) is 44.9 Å². The molecule has 25 heavy (non-hydrogen) atoms. The van der Waals surface area contributed by atoms with Crippen LogP contribution in [0.15, 0.2) is 40.2 Å². The lowest BCUT2D eigenvalue weighted by Crippen LogP contribution is -2.48. The highest BCUT2D eigenvalue weighted by Gasteiger charge is 2.25. The third kappa shape index (κ3) is 4.85. The number of hydrogen-bond donors (Lipinski definition) is 1. The largest absolute Gasteiger partial charge is 0.469 e. The summed E-state index contributed by atoms with van der Waals surface area (Å²) >= 11 is 0. The second-order valence-corrected chi connectivity index (χ2v) is 6.21. The predicted molar refractivity (Wildman–Crippen MR) is 96.5 cm³/mol. The van der Waals surface area contributed by atoms with Crippen molar-refractivity contribution in [1.82, 2.24) is 20.0 Å². The van der Waals surface area contributed by atoms with Crippen molar-refractivity contribution in [3.8, 4) is 0 Å². The van der Waals surface area contributed by atoms with Gasteiger partial charge in [-0.25, -0.2) is 0 Å². The summed E-state index contributed by atoms with van der Waals surface area (Å²) in [7, 11) is 1.93. The van der Waals surface area contributed by atoms with Crippen molar-refractivity contribution in [2.24, 2.45) is 12.0 Å². The highest BCUT2D eigenvalue weighted by atomic mass is 16.5. The molecule has 2 aromatic heterocycles. The molecule has 0 radical (unpaired) electrons. The number of aryl methyl sites for hydroxylation is 1. The minimum absolute atomic E-state index is 0.0288. The van der Waals surface area contributed by atoms with E-state index in [-0.39, 0.29) is 6.10 Å². The molecule has 3 heterocycles. The standard InChI is InChI=1S/C18H27N5O2/c1-3-7-19-18(20-8-6-16-5-4-10-24-16)23-9-11-25-17(14-23)15-12-21-22(2)13-15/h4-5,10,12-13,17H,3,6-9,11,14H2,1-2H3,(H,19,20). The molecule has 1 atom stereocenters. The van der Waals surface area contributed by atoms with E-state index in [1.807, 2.05) is 36.3 Å². The third-order valence-corrected chi connectivity index (χ3v) is 4.18. The van der Waals surface area contributed by atoms with Crippen molar-refractivity contribution in [2.75, 3.05) is 32.8 Å². The van der Waals surface area contributed by atoms with Crippen molar-refractivity contribution in [1.29, 1.82) is 0 Å². The van der Waals surface area contributed by atoms with Gasteiger partial charge in [-0.3, -0.25) is 9.67 Å². The fourth-order valence-corrected chi connectivity index (χ4v) is 2.89. The van der Waals surface area contributed by atoms with Gasteiger partial charge in [-0.1, -0.05) is 6.92 Å². The zero-order valence-corrected chi connectivity index (χ0v) is 15.0. The van der Waals surface area contributed by atoms with Crippen LogP contribution in [0.3, 0.4) is 0 Å². The van der Waals surface area contributed by atoms with E-state index in [4.69, 9.17) is 14.1 Å². The van der Waals surface area contributed by atoms with Gasteiger partial charge in [0.25, 0.3) is 0 Å². The second kappa shape index (κ2) is 8.71. The number of rotatable bonds is 6. The summed E-state index contributed by atoms with van der Waals surface area (Å²) in [5, 5.41) is 7.73. The topological polar surface area (TPSA) is 67.8 Å². The van der Waals surface area contributed by atoms with E-state index >= 15 is 0 Å². The molecule has 1 aliphatic heterocycles. The molecule has 0 aliphatic carbocycles.